The molecule has 1 aliphatic carbocycles. The van der Waals surface area contributed by atoms with Crippen LogP contribution in [0.15, 0.2) is 23.9 Å². The number of carbonyl (C=O) groups is 2. The number of hydrogen-bond donors (Lipinski definition) is 3. The molecule has 4 rings (SSSR count). The van der Waals surface area contributed by atoms with Crippen LogP contribution in [0.5, 0.6) is 0 Å². The SMILES string of the molecule is NC1CCN(c2cc3c(cc2F)C(=O)C(C(=O)O)=C[NH+]3C2CC2)C1.[Cl-]. The molecule has 2 heterocycles. The molecule has 1 aromatic rings. The molecule has 1 saturated heterocycles. The number of carboxylic acid groups (broad SMARTS) is 1. The lowest BCUT2D eigenvalue weighted by Crippen LogP contribution is -3.05. The van der Waals surface area contributed by atoms with Gasteiger partial charge in [-0.25, -0.2) is 9.18 Å². The number of aliphatic carboxylic acids is 1. The lowest BCUT2D eigenvalue weighted by atomic mass is 9.96. The Morgan fingerprint density at radius 3 is 2.60 bits per heavy atom. The van der Waals surface area contributed by atoms with Crippen LogP contribution in [-0.2, 0) is 4.79 Å². The number of nitrogens with one attached hydrogen (secondary N) is 1. The van der Waals surface area contributed by atoms with Crippen molar-refractivity contribution in [3.05, 3.63) is 35.3 Å². The van der Waals surface area contributed by atoms with E-state index >= 15 is 0 Å². The van der Waals surface area contributed by atoms with E-state index in [1.54, 1.807) is 6.07 Å². The summed E-state index contributed by atoms with van der Waals surface area (Å²) in [5.41, 5.74) is 6.90. The summed E-state index contributed by atoms with van der Waals surface area (Å²) in [6.45, 7) is 1.26. The van der Waals surface area contributed by atoms with Gasteiger partial charge in [0.25, 0.3) is 0 Å². The van der Waals surface area contributed by atoms with Crippen LogP contribution in [0.25, 0.3) is 0 Å². The summed E-state index contributed by atoms with van der Waals surface area (Å²) in [6.07, 6.45) is 4.21. The fraction of sp³-hybridized carbons (Fsp3) is 0.412. The Hall–Kier alpha value is -1.96. The van der Waals surface area contributed by atoms with E-state index in [1.165, 1.54) is 12.3 Å². The molecule has 4 N–H and O–H groups in total. The van der Waals surface area contributed by atoms with Crippen molar-refractivity contribution in [2.24, 2.45) is 5.73 Å². The highest BCUT2D eigenvalue weighted by atomic mass is 35.5. The Labute approximate surface area is 150 Å². The van der Waals surface area contributed by atoms with Gasteiger partial charge in [0.15, 0.2) is 5.57 Å². The molecule has 134 valence electrons. The van der Waals surface area contributed by atoms with Gasteiger partial charge in [-0.3, -0.25) is 9.69 Å². The smallest absolute Gasteiger partial charge is 0.345 e. The molecular formula is C17H19ClFN3O3. The van der Waals surface area contributed by atoms with E-state index in [0.29, 0.717) is 24.5 Å². The van der Waals surface area contributed by atoms with Gasteiger partial charge in [-0.05, 0) is 12.5 Å². The number of Topliss-reactive ketones (excluding diaryl/α,β-unsaturated/α-hetero) is 1. The number of nitrogens with zero attached hydrogens (tertiary/aromatic N) is 1. The summed E-state index contributed by atoms with van der Waals surface area (Å²) >= 11 is 0. The Bertz CT molecular complexity index is 779. The van der Waals surface area contributed by atoms with Crippen molar-refractivity contribution in [1.82, 2.24) is 0 Å². The fourth-order valence-corrected chi connectivity index (χ4v) is 3.57. The predicted octanol–water partition coefficient (Wildman–Crippen LogP) is -2.79. The van der Waals surface area contributed by atoms with E-state index in [-0.39, 0.29) is 35.6 Å². The zero-order valence-electron chi connectivity index (χ0n) is 13.5. The molecule has 25 heavy (non-hydrogen) atoms. The number of hydrogen-bond acceptors (Lipinski definition) is 4. The molecule has 0 radical (unpaired) electrons. The van der Waals surface area contributed by atoms with Gasteiger partial charge < -0.3 is 28.1 Å². The zero-order valence-corrected chi connectivity index (χ0v) is 14.2. The Kier molecular flexibility index (Phi) is 4.57. The third kappa shape index (κ3) is 3.03. The van der Waals surface area contributed by atoms with Crippen LogP contribution in [0.2, 0.25) is 0 Å². The van der Waals surface area contributed by atoms with Crippen LogP contribution in [0.1, 0.15) is 29.6 Å². The second-order valence-electron chi connectivity index (χ2n) is 6.77. The number of rotatable bonds is 3. The predicted molar refractivity (Wildman–Crippen MR) is 84.9 cm³/mol. The first-order valence-electron chi connectivity index (χ1n) is 8.16. The number of fused-ring (bicyclic) bond motifs is 1. The first kappa shape index (κ1) is 17.8. The maximum Gasteiger partial charge on any atom is 0.345 e. The van der Waals surface area contributed by atoms with E-state index in [2.05, 4.69) is 0 Å². The van der Waals surface area contributed by atoms with Crippen LogP contribution < -0.4 is 27.9 Å². The van der Waals surface area contributed by atoms with Gasteiger partial charge in [-0.2, -0.15) is 0 Å². The Balaban J connectivity index is 0.00000182. The van der Waals surface area contributed by atoms with Crippen LogP contribution in [0.3, 0.4) is 0 Å². The highest BCUT2D eigenvalue weighted by Crippen LogP contribution is 2.32. The van der Waals surface area contributed by atoms with Gasteiger partial charge in [0, 0.05) is 38.0 Å². The van der Waals surface area contributed by atoms with Gasteiger partial charge in [-0.1, -0.05) is 0 Å². The molecule has 8 heteroatoms. The number of benzene rings is 1. The second kappa shape index (κ2) is 6.40. The molecule has 6 nitrogen and oxygen atoms in total. The third-order valence-corrected chi connectivity index (χ3v) is 5.00. The quantitative estimate of drug-likeness (QED) is 0.503. The molecule has 1 saturated carbocycles. The van der Waals surface area contributed by atoms with Crippen LogP contribution in [-0.4, -0.2) is 42.0 Å². The van der Waals surface area contributed by atoms with Gasteiger partial charge >= 0.3 is 5.97 Å². The molecule has 0 aromatic heterocycles. The molecule has 0 spiro atoms. The zero-order chi connectivity index (χ0) is 17.0. The molecule has 0 bridgehead atoms. The number of carboxylic acids is 1. The monoisotopic (exact) mass is 367 g/mol. The van der Waals surface area contributed by atoms with Crippen LogP contribution in [0.4, 0.5) is 15.8 Å². The number of ketones is 1. The molecule has 0 amide bonds. The minimum Gasteiger partial charge on any atom is -1.00 e. The maximum atomic E-state index is 14.6. The van der Waals surface area contributed by atoms with E-state index in [1.807, 2.05) is 4.90 Å². The topological polar surface area (TPSA) is 88.1 Å². The normalized spacial score (nSPS) is 25.3. The molecule has 3 aliphatic rings. The lowest BCUT2D eigenvalue weighted by molar-refractivity contribution is -0.789. The number of quaternary nitrogens is 1. The average Bonchev–Trinajstić information content (AvgIpc) is 3.28. The highest BCUT2D eigenvalue weighted by Gasteiger charge is 2.42. The van der Waals surface area contributed by atoms with E-state index in [4.69, 9.17) is 5.73 Å². The summed E-state index contributed by atoms with van der Waals surface area (Å²) < 4.78 is 14.6. The average molecular weight is 368 g/mol. The van der Waals surface area contributed by atoms with Crippen molar-refractivity contribution in [2.75, 3.05) is 18.0 Å². The highest BCUT2D eigenvalue weighted by molar-refractivity contribution is 6.25. The van der Waals surface area contributed by atoms with Gasteiger partial charge in [0.1, 0.15) is 17.7 Å². The fourth-order valence-electron chi connectivity index (χ4n) is 3.57. The van der Waals surface area contributed by atoms with Crippen molar-refractivity contribution in [3.63, 3.8) is 0 Å². The maximum absolute atomic E-state index is 14.6. The van der Waals surface area contributed by atoms with Crippen molar-refractivity contribution in [2.45, 2.75) is 31.3 Å². The molecule has 2 atom stereocenters. The minimum absolute atomic E-state index is 0. The third-order valence-electron chi connectivity index (χ3n) is 5.00. The molecule has 2 aliphatic heterocycles. The van der Waals surface area contributed by atoms with Crippen molar-refractivity contribution in [1.29, 1.82) is 0 Å². The first-order chi connectivity index (χ1) is 11.5. The number of halogens is 2. The number of anilines is 1. The summed E-state index contributed by atoms with van der Waals surface area (Å²) in [6, 6.07) is 3.16. The summed E-state index contributed by atoms with van der Waals surface area (Å²) in [4.78, 5) is 26.5. The Morgan fingerprint density at radius 2 is 2.04 bits per heavy atom. The van der Waals surface area contributed by atoms with Gasteiger partial charge in [0.05, 0.1) is 17.3 Å². The van der Waals surface area contributed by atoms with Gasteiger partial charge in [0.2, 0.25) is 5.78 Å². The first-order valence-corrected chi connectivity index (χ1v) is 8.16. The Morgan fingerprint density at radius 1 is 1.32 bits per heavy atom. The van der Waals surface area contributed by atoms with E-state index in [9.17, 15) is 19.1 Å². The molecule has 1 aromatic carbocycles. The van der Waals surface area contributed by atoms with E-state index < -0.39 is 17.6 Å². The minimum atomic E-state index is -1.26. The van der Waals surface area contributed by atoms with Crippen LogP contribution >= 0.6 is 0 Å². The summed E-state index contributed by atoms with van der Waals surface area (Å²) in [5, 5.41) is 9.26. The molecular weight excluding hydrogens is 349 g/mol. The summed E-state index contributed by atoms with van der Waals surface area (Å²) in [5.74, 6) is -2.39. The summed E-state index contributed by atoms with van der Waals surface area (Å²) in [7, 11) is 0. The number of carbonyl (C=O) groups excluding carboxylic acids is 1. The van der Waals surface area contributed by atoms with Crippen molar-refractivity contribution in [3.8, 4) is 0 Å². The second-order valence-corrected chi connectivity index (χ2v) is 6.77. The van der Waals surface area contributed by atoms with E-state index in [0.717, 1.165) is 24.2 Å². The number of nitrogens with two attached hydrogens (primary N) is 1. The van der Waals surface area contributed by atoms with Crippen LogP contribution in [0, 0.1) is 5.82 Å². The lowest BCUT2D eigenvalue weighted by Gasteiger charge is -2.25. The van der Waals surface area contributed by atoms with Crippen molar-refractivity contribution < 1.29 is 36.4 Å². The standard InChI is InChI=1S/C17H18FN3O3.ClH/c18-13-5-11-14(6-15(13)20-4-3-9(19)7-20)21(10-1-2-10)8-12(16(11)22)17(23)24;/h5-6,8-10H,1-4,7,19H2,(H,23,24);1H. The van der Waals surface area contributed by atoms with Crippen molar-refractivity contribution >= 4 is 23.1 Å². The molecule has 2 fully saturated rings. The molecule has 2 unspecified atom stereocenters. The van der Waals surface area contributed by atoms with Gasteiger partial charge in [-0.15, -0.1) is 0 Å². The largest absolute Gasteiger partial charge is 1.00 e.